The number of unbranched alkanes of at least 4 members (excludes halogenated alkanes) is 2. The van der Waals surface area contributed by atoms with Crippen molar-refractivity contribution in [3.63, 3.8) is 0 Å². The summed E-state index contributed by atoms with van der Waals surface area (Å²) in [5.41, 5.74) is 0.911. The molecule has 0 amide bonds. The van der Waals surface area contributed by atoms with Crippen LogP contribution in [-0.2, 0) is 12.2 Å². The molecule has 0 aliphatic carbocycles. The van der Waals surface area contributed by atoms with E-state index in [0.717, 1.165) is 47.2 Å². The van der Waals surface area contributed by atoms with Crippen LogP contribution in [0.15, 0.2) is 77.7 Å². The first-order chi connectivity index (χ1) is 20.5. The summed E-state index contributed by atoms with van der Waals surface area (Å²) in [5.74, 6) is -1.50. The number of fused-ring (bicyclic) bond motifs is 2. The molecule has 0 nitrogen and oxygen atoms in total. The molecular weight excluding hydrogens is 585 g/mol. The van der Waals surface area contributed by atoms with Crippen LogP contribution in [0.2, 0.25) is 0 Å². The topological polar surface area (TPSA) is 0 Å². The van der Waals surface area contributed by atoms with E-state index >= 15 is 8.78 Å². The number of aryl methyl sites for hydroxylation is 1. The molecule has 0 fully saturated rings. The summed E-state index contributed by atoms with van der Waals surface area (Å²) in [5, 5.41) is 1.93. The molecule has 5 rings (SSSR count). The highest BCUT2D eigenvalue weighted by molar-refractivity contribution is 7.98. The van der Waals surface area contributed by atoms with Crippen LogP contribution in [-0.4, -0.2) is 6.18 Å². The maximum Gasteiger partial charge on any atom is 0.458 e. The predicted molar refractivity (Wildman–Crippen MR) is 159 cm³/mol. The maximum atomic E-state index is 15.2. The monoisotopic (exact) mass is 610 g/mol. The van der Waals surface area contributed by atoms with E-state index in [1.165, 1.54) is 60.4 Å². The first kappa shape index (κ1) is 30.5. The summed E-state index contributed by atoms with van der Waals surface area (Å²) < 4.78 is 96.8. The van der Waals surface area contributed by atoms with E-state index in [1.54, 1.807) is 0 Å². The lowest BCUT2D eigenvalue weighted by atomic mass is 9.98. The molecule has 0 heterocycles. The molecule has 0 atom stereocenters. The standard InChI is InChI=1S/C35H25F7S/c1-2-3-4-5-21-6-8-24-15-22(7-9-23(24)14-21)20-43-27-18-31(37)33(32(38)19-27)25-10-11-28-26(16-25)17-30(36)29(34(28)39)12-13-35(40,41)42/h6-11,14-19H,2-5,20H2,1H3. The van der Waals surface area contributed by atoms with E-state index < -0.39 is 35.0 Å². The summed E-state index contributed by atoms with van der Waals surface area (Å²) >= 11 is 1.27. The zero-order valence-corrected chi connectivity index (χ0v) is 23.8. The molecule has 0 saturated carbocycles. The predicted octanol–water partition coefficient (Wildman–Crippen LogP) is 11.2. The highest BCUT2D eigenvalue weighted by atomic mass is 32.2. The second-order valence-corrected chi connectivity index (χ2v) is 11.3. The lowest BCUT2D eigenvalue weighted by Gasteiger charge is -2.11. The minimum Gasteiger partial charge on any atom is -0.206 e. The molecule has 8 heteroatoms. The highest BCUT2D eigenvalue weighted by Crippen LogP contribution is 2.35. The third kappa shape index (κ3) is 7.17. The Morgan fingerprint density at radius 3 is 2.05 bits per heavy atom. The van der Waals surface area contributed by atoms with Crippen molar-refractivity contribution in [3.8, 4) is 23.0 Å². The summed E-state index contributed by atoms with van der Waals surface area (Å²) in [6, 6.07) is 19.3. The van der Waals surface area contributed by atoms with Gasteiger partial charge in [0.05, 0.1) is 11.1 Å². The maximum absolute atomic E-state index is 15.2. The van der Waals surface area contributed by atoms with Crippen molar-refractivity contribution >= 4 is 33.3 Å². The molecular formula is C35H25F7S. The van der Waals surface area contributed by atoms with Crippen LogP contribution in [0, 0.1) is 35.1 Å². The number of halogens is 7. The van der Waals surface area contributed by atoms with Gasteiger partial charge in [-0.2, -0.15) is 13.2 Å². The van der Waals surface area contributed by atoms with E-state index in [9.17, 15) is 22.0 Å². The van der Waals surface area contributed by atoms with Gasteiger partial charge in [-0.15, -0.1) is 11.8 Å². The number of rotatable bonds is 8. The Bertz CT molecular complexity index is 1860. The average Bonchev–Trinajstić information content (AvgIpc) is 2.95. The van der Waals surface area contributed by atoms with E-state index in [4.69, 9.17) is 0 Å². The van der Waals surface area contributed by atoms with Crippen molar-refractivity contribution in [1.82, 2.24) is 0 Å². The van der Waals surface area contributed by atoms with Gasteiger partial charge in [0.25, 0.3) is 0 Å². The van der Waals surface area contributed by atoms with Crippen molar-refractivity contribution < 1.29 is 30.7 Å². The number of thioether (sulfide) groups is 1. The van der Waals surface area contributed by atoms with Gasteiger partial charge in [0.1, 0.15) is 23.3 Å². The molecule has 0 unspecified atom stereocenters. The van der Waals surface area contributed by atoms with Gasteiger partial charge >= 0.3 is 6.18 Å². The number of hydrogen-bond donors (Lipinski definition) is 0. The fraction of sp³-hybridized carbons (Fsp3) is 0.200. The molecule has 5 aromatic carbocycles. The van der Waals surface area contributed by atoms with Gasteiger partial charge in [-0.25, -0.2) is 17.6 Å². The van der Waals surface area contributed by atoms with Crippen LogP contribution in [0.3, 0.4) is 0 Å². The van der Waals surface area contributed by atoms with Gasteiger partial charge in [-0.05, 0) is 70.0 Å². The molecule has 0 radical (unpaired) electrons. The van der Waals surface area contributed by atoms with Crippen LogP contribution in [0.5, 0.6) is 0 Å². The number of alkyl halides is 3. The van der Waals surface area contributed by atoms with E-state index in [1.807, 2.05) is 6.07 Å². The van der Waals surface area contributed by atoms with E-state index in [0.29, 0.717) is 10.6 Å². The summed E-state index contributed by atoms with van der Waals surface area (Å²) in [6.45, 7) is 2.18. The summed E-state index contributed by atoms with van der Waals surface area (Å²) in [4.78, 5) is 0.371. The number of benzene rings is 5. The Morgan fingerprint density at radius 1 is 0.698 bits per heavy atom. The van der Waals surface area contributed by atoms with Crippen LogP contribution >= 0.6 is 11.8 Å². The quantitative estimate of drug-likeness (QED) is 0.0729. The molecule has 0 bridgehead atoms. The summed E-state index contributed by atoms with van der Waals surface area (Å²) in [6.07, 6.45) is -0.349. The van der Waals surface area contributed by atoms with Gasteiger partial charge in [-0.3, -0.25) is 0 Å². The molecule has 0 N–H and O–H groups in total. The SMILES string of the molecule is CCCCCc1ccc2cc(CSc3cc(F)c(-c4ccc5c(F)c(C#CC(F)(F)F)c(F)cc5c4)c(F)c3)ccc2c1. The lowest BCUT2D eigenvalue weighted by molar-refractivity contribution is -0.0696. The Labute approximate surface area is 248 Å². The molecule has 0 saturated heterocycles. The fourth-order valence-electron chi connectivity index (χ4n) is 4.98. The second kappa shape index (κ2) is 12.7. The highest BCUT2D eigenvalue weighted by Gasteiger charge is 2.24. The molecule has 0 aliphatic rings. The molecule has 220 valence electrons. The third-order valence-electron chi connectivity index (χ3n) is 7.11. The van der Waals surface area contributed by atoms with Gasteiger partial charge in [0, 0.05) is 22.0 Å². The van der Waals surface area contributed by atoms with Gasteiger partial charge in [0.2, 0.25) is 0 Å². The molecule has 0 aliphatic heterocycles. The zero-order valence-electron chi connectivity index (χ0n) is 23.0. The van der Waals surface area contributed by atoms with E-state index in [-0.39, 0.29) is 21.9 Å². The van der Waals surface area contributed by atoms with Gasteiger partial charge < -0.3 is 0 Å². The minimum absolute atomic E-state index is 0.0237. The molecule has 0 spiro atoms. The van der Waals surface area contributed by atoms with Crippen molar-refractivity contribution in [2.24, 2.45) is 0 Å². The Kier molecular flexibility index (Phi) is 9.03. The molecule has 0 aromatic heterocycles. The van der Waals surface area contributed by atoms with E-state index in [2.05, 4.69) is 37.3 Å². The molecule has 43 heavy (non-hydrogen) atoms. The van der Waals surface area contributed by atoms with Crippen molar-refractivity contribution in [2.45, 2.75) is 49.4 Å². The Balaban J connectivity index is 1.35. The van der Waals surface area contributed by atoms with Gasteiger partial charge in [-0.1, -0.05) is 74.2 Å². The average molecular weight is 611 g/mol. The van der Waals surface area contributed by atoms with Gasteiger partial charge in [0.15, 0.2) is 0 Å². The van der Waals surface area contributed by atoms with Crippen LogP contribution in [0.4, 0.5) is 30.7 Å². The Hall–Kier alpha value is -3.96. The normalized spacial score (nSPS) is 11.6. The smallest absolute Gasteiger partial charge is 0.206 e. The second-order valence-electron chi connectivity index (χ2n) is 10.3. The van der Waals surface area contributed by atoms with Crippen molar-refractivity contribution in [3.05, 3.63) is 113 Å². The first-order valence-corrected chi connectivity index (χ1v) is 14.7. The zero-order chi connectivity index (χ0) is 30.7. The number of hydrogen-bond acceptors (Lipinski definition) is 1. The minimum atomic E-state index is -4.93. The first-order valence-electron chi connectivity index (χ1n) is 13.7. The largest absolute Gasteiger partial charge is 0.458 e. The van der Waals surface area contributed by atoms with Crippen LogP contribution in [0.25, 0.3) is 32.7 Å². The fourth-order valence-corrected chi connectivity index (χ4v) is 5.86. The molecule has 5 aromatic rings. The van der Waals surface area contributed by atoms with Crippen LogP contribution in [0.1, 0.15) is 42.9 Å². The van der Waals surface area contributed by atoms with Crippen molar-refractivity contribution in [1.29, 1.82) is 0 Å². The summed E-state index contributed by atoms with van der Waals surface area (Å²) in [7, 11) is 0. The Morgan fingerprint density at radius 2 is 1.37 bits per heavy atom. The lowest BCUT2D eigenvalue weighted by Crippen LogP contribution is -2.02. The van der Waals surface area contributed by atoms with Crippen molar-refractivity contribution in [2.75, 3.05) is 0 Å². The third-order valence-corrected chi connectivity index (χ3v) is 8.15. The van der Waals surface area contributed by atoms with Crippen LogP contribution < -0.4 is 0 Å².